The van der Waals surface area contributed by atoms with Crippen molar-refractivity contribution in [2.24, 2.45) is 13.0 Å². The maximum absolute atomic E-state index is 13.1. The van der Waals surface area contributed by atoms with E-state index in [1.807, 2.05) is 27.0 Å². The molecule has 3 aromatic rings. The largest absolute Gasteiger partial charge is 0.371 e. The van der Waals surface area contributed by atoms with Gasteiger partial charge in [0.25, 0.3) is 5.91 Å². The Kier molecular flexibility index (Phi) is 4.75. The zero-order chi connectivity index (χ0) is 19.8. The number of rotatable bonds is 4. The highest BCUT2D eigenvalue weighted by Gasteiger charge is 2.24. The van der Waals surface area contributed by atoms with Crippen LogP contribution in [0.15, 0.2) is 30.3 Å². The Morgan fingerprint density at radius 1 is 1.29 bits per heavy atom. The van der Waals surface area contributed by atoms with E-state index in [1.54, 1.807) is 16.8 Å². The first-order valence-electron chi connectivity index (χ1n) is 9.52. The van der Waals surface area contributed by atoms with Crippen LogP contribution in [0, 0.1) is 25.6 Å². The molecule has 7 heteroatoms. The molecule has 2 aromatic heterocycles. The van der Waals surface area contributed by atoms with Gasteiger partial charge in [0, 0.05) is 38.1 Å². The first kappa shape index (κ1) is 18.4. The van der Waals surface area contributed by atoms with E-state index in [2.05, 4.69) is 20.3 Å². The molecule has 6 nitrogen and oxygen atoms in total. The fraction of sp³-hybridized carbons (Fsp3) is 0.381. The quantitative estimate of drug-likeness (QED) is 0.755. The number of nitrogens with one attached hydrogen (secondary N) is 1. The van der Waals surface area contributed by atoms with Gasteiger partial charge in [-0.2, -0.15) is 5.10 Å². The fourth-order valence-corrected chi connectivity index (χ4v) is 3.97. The second-order valence-electron chi connectivity index (χ2n) is 7.51. The van der Waals surface area contributed by atoms with Crippen LogP contribution >= 0.6 is 0 Å². The van der Waals surface area contributed by atoms with Gasteiger partial charge >= 0.3 is 0 Å². The van der Waals surface area contributed by atoms with Crippen LogP contribution in [0.1, 0.15) is 28.2 Å². The number of aryl methyl sites for hydroxylation is 3. The monoisotopic (exact) mass is 381 g/mol. The number of carbonyl (C=O) groups excluding carboxylic acids is 1. The molecule has 28 heavy (non-hydrogen) atoms. The average molecular weight is 381 g/mol. The first-order chi connectivity index (χ1) is 13.4. The number of nitrogens with zero attached hydrogens (tertiary/aromatic N) is 4. The summed E-state index contributed by atoms with van der Waals surface area (Å²) in [6.07, 6.45) is 0.994. The molecule has 0 radical (unpaired) electrons. The minimum Gasteiger partial charge on any atom is -0.371 e. The van der Waals surface area contributed by atoms with Crippen molar-refractivity contribution in [1.29, 1.82) is 0 Å². The number of halogens is 1. The van der Waals surface area contributed by atoms with E-state index in [0.717, 1.165) is 47.6 Å². The summed E-state index contributed by atoms with van der Waals surface area (Å²) in [7, 11) is 1.84. The van der Waals surface area contributed by atoms with Gasteiger partial charge in [-0.25, -0.2) is 9.37 Å². The van der Waals surface area contributed by atoms with E-state index in [0.29, 0.717) is 18.0 Å². The summed E-state index contributed by atoms with van der Waals surface area (Å²) in [6.45, 7) is 6.15. The molecular formula is C21H24FN5O. The smallest absolute Gasteiger partial charge is 0.252 e. The summed E-state index contributed by atoms with van der Waals surface area (Å²) in [4.78, 5) is 19.6. The minimum atomic E-state index is -0.226. The summed E-state index contributed by atoms with van der Waals surface area (Å²) >= 11 is 0. The maximum Gasteiger partial charge on any atom is 0.252 e. The van der Waals surface area contributed by atoms with Crippen molar-refractivity contribution in [2.75, 3.05) is 24.5 Å². The molecule has 4 rings (SSSR count). The Hall–Kier alpha value is -2.96. The van der Waals surface area contributed by atoms with Gasteiger partial charge in [-0.1, -0.05) is 0 Å². The third-order valence-electron chi connectivity index (χ3n) is 5.37. The first-order valence-corrected chi connectivity index (χ1v) is 9.52. The van der Waals surface area contributed by atoms with Crippen molar-refractivity contribution in [1.82, 2.24) is 20.1 Å². The molecular weight excluding hydrogens is 357 g/mol. The van der Waals surface area contributed by atoms with Crippen LogP contribution in [0.5, 0.6) is 0 Å². The minimum absolute atomic E-state index is 0.0909. The molecule has 1 aliphatic heterocycles. The predicted octanol–water partition coefficient (Wildman–Crippen LogP) is 2.98. The van der Waals surface area contributed by atoms with Crippen molar-refractivity contribution in [2.45, 2.75) is 20.3 Å². The molecule has 3 heterocycles. The van der Waals surface area contributed by atoms with Crippen molar-refractivity contribution < 1.29 is 9.18 Å². The summed E-state index contributed by atoms with van der Waals surface area (Å²) in [5.74, 6) is 0.0469. The van der Waals surface area contributed by atoms with Gasteiger partial charge in [-0.15, -0.1) is 0 Å². The predicted molar refractivity (Wildman–Crippen MR) is 107 cm³/mol. The number of carbonyl (C=O) groups is 1. The summed E-state index contributed by atoms with van der Waals surface area (Å²) in [6, 6.07) is 8.40. The van der Waals surface area contributed by atoms with Gasteiger partial charge in [-0.3, -0.25) is 9.48 Å². The lowest BCUT2D eigenvalue weighted by Crippen LogP contribution is -2.31. The zero-order valence-corrected chi connectivity index (χ0v) is 16.4. The van der Waals surface area contributed by atoms with E-state index < -0.39 is 0 Å². The molecule has 1 aliphatic rings. The summed E-state index contributed by atoms with van der Waals surface area (Å²) < 4.78 is 14.8. The van der Waals surface area contributed by atoms with Crippen LogP contribution in [0.4, 0.5) is 10.1 Å². The highest BCUT2D eigenvalue weighted by molar-refractivity contribution is 6.06. The van der Waals surface area contributed by atoms with Gasteiger partial charge < -0.3 is 10.2 Å². The van der Waals surface area contributed by atoms with Gasteiger partial charge in [0.2, 0.25) is 0 Å². The Bertz CT molecular complexity index is 1030. The molecule has 1 atom stereocenters. The third-order valence-corrected chi connectivity index (χ3v) is 5.37. The molecule has 0 aliphatic carbocycles. The number of benzene rings is 1. The van der Waals surface area contributed by atoms with Crippen molar-refractivity contribution >= 4 is 22.6 Å². The highest BCUT2D eigenvalue weighted by Crippen LogP contribution is 2.24. The standard InChI is InChI=1S/C21H24FN5O/c1-13-10-18(19-14(2)25-26(3)20(19)24-13)21(28)23-11-15-8-9-27(12-15)17-6-4-16(22)5-7-17/h4-7,10,15H,8-9,11-12H2,1-3H3,(H,23,28)/t15-/m1/s1. The van der Waals surface area contributed by atoms with Crippen LogP contribution in [-0.2, 0) is 7.05 Å². The molecule has 146 valence electrons. The van der Waals surface area contributed by atoms with E-state index in [-0.39, 0.29) is 11.7 Å². The second kappa shape index (κ2) is 7.22. The van der Waals surface area contributed by atoms with Gasteiger partial charge in [-0.05, 0) is 56.5 Å². The number of anilines is 1. The fourth-order valence-electron chi connectivity index (χ4n) is 3.97. The number of hydrogen-bond donors (Lipinski definition) is 1. The molecule has 1 saturated heterocycles. The molecule has 0 saturated carbocycles. The van der Waals surface area contributed by atoms with Crippen molar-refractivity contribution in [3.8, 4) is 0 Å². The molecule has 1 amide bonds. The van der Waals surface area contributed by atoms with Crippen LogP contribution in [0.3, 0.4) is 0 Å². The number of hydrogen-bond acceptors (Lipinski definition) is 4. The molecule has 1 aromatic carbocycles. The zero-order valence-electron chi connectivity index (χ0n) is 16.4. The van der Waals surface area contributed by atoms with Gasteiger partial charge in [0.05, 0.1) is 16.6 Å². The molecule has 0 spiro atoms. The van der Waals surface area contributed by atoms with Gasteiger partial charge in [0.1, 0.15) is 5.82 Å². The van der Waals surface area contributed by atoms with Crippen LogP contribution in [-0.4, -0.2) is 40.3 Å². The Morgan fingerprint density at radius 3 is 2.79 bits per heavy atom. The van der Waals surface area contributed by atoms with E-state index in [4.69, 9.17) is 0 Å². The van der Waals surface area contributed by atoms with Gasteiger partial charge in [0.15, 0.2) is 5.65 Å². The Labute approximate surface area is 163 Å². The number of aromatic nitrogens is 3. The Morgan fingerprint density at radius 2 is 2.04 bits per heavy atom. The number of pyridine rings is 1. The second-order valence-corrected chi connectivity index (χ2v) is 7.51. The summed E-state index contributed by atoms with van der Waals surface area (Å²) in [5, 5.41) is 8.30. The van der Waals surface area contributed by atoms with Crippen molar-refractivity contribution in [3.63, 3.8) is 0 Å². The Balaban J connectivity index is 1.44. The van der Waals surface area contributed by atoms with E-state index >= 15 is 0 Å². The highest BCUT2D eigenvalue weighted by atomic mass is 19.1. The SMILES string of the molecule is Cc1cc(C(=O)NC[C@H]2CCN(c3ccc(F)cc3)C2)c2c(C)nn(C)c2n1. The third kappa shape index (κ3) is 3.44. The number of fused-ring (bicyclic) bond motifs is 1. The van der Waals surface area contributed by atoms with Crippen LogP contribution in [0.2, 0.25) is 0 Å². The molecule has 0 bridgehead atoms. The molecule has 1 N–H and O–H groups in total. The van der Waals surface area contributed by atoms with Crippen molar-refractivity contribution in [3.05, 3.63) is 53.1 Å². The lowest BCUT2D eigenvalue weighted by atomic mass is 10.1. The van der Waals surface area contributed by atoms with Crippen LogP contribution < -0.4 is 10.2 Å². The topological polar surface area (TPSA) is 63.1 Å². The lowest BCUT2D eigenvalue weighted by Gasteiger charge is -2.19. The average Bonchev–Trinajstić information content (AvgIpc) is 3.25. The summed E-state index contributed by atoms with van der Waals surface area (Å²) in [5.41, 5.74) is 3.97. The number of amides is 1. The molecule has 0 unspecified atom stereocenters. The van der Waals surface area contributed by atoms with E-state index in [9.17, 15) is 9.18 Å². The normalized spacial score (nSPS) is 16.7. The molecule has 1 fully saturated rings. The lowest BCUT2D eigenvalue weighted by molar-refractivity contribution is 0.0949. The van der Waals surface area contributed by atoms with E-state index in [1.165, 1.54) is 12.1 Å². The van der Waals surface area contributed by atoms with Crippen LogP contribution in [0.25, 0.3) is 11.0 Å². The maximum atomic E-state index is 13.1.